The zero-order chi connectivity index (χ0) is 16.4. The topological polar surface area (TPSA) is 134 Å². The van der Waals surface area contributed by atoms with Crippen molar-refractivity contribution < 1.29 is 29.0 Å². The van der Waals surface area contributed by atoms with E-state index >= 15 is 0 Å². The van der Waals surface area contributed by atoms with Gasteiger partial charge in [-0.2, -0.15) is 0 Å². The monoisotopic (exact) mass is 303 g/mol. The lowest BCUT2D eigenvalue weighted by Gasteiger charge is -2.18. The van der Waals surface area contributed by atoms with Crippen molar-refractivity contribution in [3.63, 3.8) is 0 Å². The van der Waals surface area contributed by atoms with Crippen LogP contribution in [0.1, 0.15) is 20.3 Å². The van der Waals surface area contributed by atoms with Gasteiger partial charge in [-0.3, -0.25) is 9.59 Å². The van der Waals surface area contributed by atoms with E-state index in [0.717, 1.165) is 0 Å². The van der Waals surface area contributed by atoms with Crippen molar-refractivity contribution >= 4 is 23.9 Å². The van der Waals surface area contributed by atoms with E-state index in [9.17, 15) is 19.2 Å². The molecule has 0 saturated carbocycles. The maximum Gasteiger partial charge on any atom is 0.328 e. The molecule has 0 heterocycles. The Bertz CT molecular complexity index is 396. The van der Waals surface area contributed by atoms with Crippen LogP contribution in [0.25, 0.3) is 0 Å². The molecule has 0 radical (unpaired) electrons. The number of aliphatic carboxylic acids is 1. The van der Waals surface area contributed by atoms with Gasteiger partial charge >= 0.3 is 18.0 Å². The van der Waals surface area contributed by atoms with Crippen molar-refractivity contribution in [1.29, 1.82) is 0 Å². The van der Waals surface area contributed by atoms with Crippen LogP contribution >= 0.6 is 0 Å². The molecule has 9 nitrogen and oxygen atoms in total. The van der Waals surface area contributed by atoms with Crippen molar-refractivity contribution in [1.82, 2.24) is 16.0 Å². The van der Waals surface area contributed by atoms with E-state index in [1.807, 2.05) is 13.8 Å². The van der Waals surface area contributed by atoms with Gasteiger partial charge in [0.05, 0.1) is 13.7 Å². The lowest BCUT2D eigenvalue weighted by atomic mass is 10.0. The third kappa shape index (κ3) is 9.25. The summed E-state index contributed by atoms with van der Waals surface area (Å²) in [6.45, 7) is 2.85. The highest BCUT2D eigenvalue weighted by Gasteiger charge is 2.22. The van der Waals surface area contributed by atoms with Crippen molar-refractivity contribution in [2.45, 2.75) is 26.3 Å². The van der Waals surface area contributed by atoms with Gasteiger partial charge in [0.25, 0.3) is 0 Å². The normalized spacial score (nSPS) is 11.4. The number of rotatable bonds is 8. The van der Waals surface area contributed by atoms with E-state index in [4.69, 9.17) is 5.11 Å². The number of nitrogens with one attached hydrogen (secondary N) is 3. The molecule has 1 atom stereocenters. The first-order valence-corrected chi connectivity index (χ1v) is 6.37. The van der Waals surface area contributed by atoms with Crippen molar-refractivity contribution in [2.75, 3.05) is 20.2 Å². The molecule has 0 rings (SSSR count). The minimum atomic E-state index is -1.18. The Balaban J connectivity index is 4.22. The third-order valence-corrected chi connectivity index (χ3v) is 2.34. The summed E-state index contributed by atoms with van der Waals surface area (Å²) in [4.78, 5) is 44.5. The number of carboxylic acids is 1. The molecular formula is C12H21N3O6. The molecule has 0 aromatic rings. The number of methoxy groups -OCH3 is 1. The largest absolute Gasteiger partial charge is 0.480 e. The lowest BCUT2D eigenvalue weighted by Crippen LogP contribution is -2.49. The number of hydrogen-bond acceptors (Lipinski definition) is 5. The third-order valence-electron chi connectivity index (χ3n) is 2.34. The van der Waals surface area contributed by atoms with Gasteiger partial charge in [0.15, 0.2) is 0 Å². The Labute approximate surface area is 122 Å². The van der Waals surface area contributed by atoms with Gasteiger partial charge in [-0.15, -0.1) is 0 Å². The molecule has 0 aliphatic rings. The summed E-state index contributed by atoms with van der Waals surface area (Å²) < 4.78 is 4.58. The summed E-state index contributed by atoms with van der Waals surface area (Å²) in [7, 11) is 1.22. The van der Waals surface area contributed by atoms with Crippen LogP contribution in [0, 0.1) is 5.92 Å². The van der Waals surface area contributed by atoms with E-state index in [2.05, 4.69) is 20.7 Å². The first-order chi connectivity index (χ1) is 9.76. The summed E-state index contributed by atoms with van der Waals surface area (Å²) in [5.74, 6) is -2.25. The molecule has 0 aliphatic heterocycles. The van der Waals surface area contributed by atoms with E-state index in [1.54, 1.807) is 0 Å². The summed E-state index contributed by atoms with van der Waals surface area (Å²) in [5, 5.41) is 15.1. The van der Waals surface area contributed by atoms with Gasteiger partial charge in [0.1, 0.15) is 12.6 Å². The second kappa shape index (κ2) is 9.56. The fraction of sp³-hybridized carbons (Fsp3) is 0.667. The first kappa shape index (κ1) is 18.7. The molecule has 9 heteroatoms. The average molecular weight is 303 g/mol. The number of carboxylic acid groups (broad SMARTS) is 1. The van der Waals surface area contributed by atoms with Crippen LogP contribution < -0.4 is 16.0 Å². The van der Waals surface area contributed by atoms with Crippen LogP contribution in [0.15, 0.2) is 0 Å². The Morgan fingerprint density at radius 3 is 2.19 bits per heavy atom. The van der Waals surface area contributed by atoms with Gasteiger partial charge in [-0.05, 0) is 12.3 Å². The smallest absolute Gasteiger partial charge is 0.328 e. The Morgan fingerprint density at radius 1 is 1.10 bits per heavy atom. The van der Waals surface area contributed by atoms with Gasteiger partial charge < -0.3 is 25.8 Å². The highest BCUT2D eigenvalue weighted by molar-refractivity contribution is 5.88. The highest BCUT2D eigenvalue weighted by Crippen LogP contribution is 2.05. The maximum absolute atomic E-state index is 11.6. The van der Waals surface area contributed by atoms with Crippen LogP contribution in [0.3, 0.4) is 0 Å². The minimum Gasteiger partial charge on any atom is -0.480 e. The predicted octanol–water partition coefficient (Wildman–Crippen LogP) is -0.926. The molecule has 0 aromatic carbocycles. The number of hydrogen-bond donors (Lipinski definition) is 4. The summed E-state index contributed by atoms with van der Waals surface area (Å²) >= 11 is 0. The van der Waals surface area contributed by atoms with Gasteiger partial charge in [-0.1, -0.05) is 13.8 Å². The molecule has 120 valence electrons. The molecule has 0 fully saturated rings. The number of carbonyl (C=O) groups is 4. The number of carbonyl (C=O) groups excluding carboxylic acids is 3. The predicted molar refractivity (Wildman–Crippen MR) is 72.4 cm³/mol. The Morgan fingerprint density at radius 2 is 1.71 bits per heavy atom. The van der Waals surface area contributed by atoms with Gasteiger partial charge in [0, 0.05) is 0 Å². The van der Waals surface area contributed by atoms with Crippen LogP contribution in [-0.4, -0.2) is 55.2 Å². The number of esters is 1. The first-order valence-electron chi connectivity index (χ1n) is 6.37. The van der Waals surface area contributed by atoms with E-state index in [0.29, 0.717) is 6.42 Å². The summed E-state index contributed by atoms with van der Waals surface area (Å²) in [6, 6.07) is -1.52. The second-order valence-electron chi connectivity index (χ2n) is 4.70. The maximum atomic E-state index is 11.6. The quantitative estimate of drug-likeness (QED) is 0.428. The Kier molecular flexibility index (Phi) is 8.51. The summed E-state index contributed by atoms with van der Waals surface area (Å²) in [6.07, 6.45) is 0.394. The molecule has 0 saturated heterocycles. The zero-order valence-corrected chi connectivity index (χ0v) is 12.3. The number of amides is 3. The molecule has 0 aliphatic carbocycles. The molecule has 0 aromatic heterocycles. The van der Waals surface area contributed by atoms with Crippen LogP contribution in [-0.2, 0) is 19.1 Å². The SMILES string of the molecule is COC(=O)C(CC(C)C)NC(=O)NCC(=O)NCC(=O)O. The van der Waals surface area contributed by atoms with E-state index in [-0.39, 0.29) is 5.92 Å². The fourth-order valence-corrected chi connectivity index (χ4v) is 1.43. The molecule has 21 heavy (non-hydrogen) atoms. The van der Waals surface area contributed by atoms with Crippen molar-refractivity contribution in [3.05, 3.63) is 0 Å². The van der Waals surface area contributed by atoms with Crippen LogP contribution in [0.2, 0.25) is 0 Å². The second-order valence-corrected chi connectivity index (χ2v) is 4.70. The number of ether oxygens (including phenoxy) is 1. The van der Waals surface area contributed by atoms with Crippen molar-refractivity contribution in [2.24, 2.45) is 5.92 Å². The number of urea groups is 1. The molecule has 0 spiro atoms. The lowest BCUT2D eigenvalue weighted by molar-refractivity contribution is -0.143. The highest BCUT2D eigenvalue weighted by atomic mass is 16.5. The van der Waals surface area contributed by atoms with Crippen LogP contribution in [0.4, 0.5) is 4.79 Å². The van der Waals surface area contributed by atoms with Crippen molar-refractivity contribution in [3.8, 4) is 0 Å². The van der Waals surface area contributed by atoms with E-state index < -0.39 is 43.0 Å². The molecule has 0 bridgehead atoms. The van der Waals surface area contributed by atoms with Gasteiger partial charge in [-0.25, -0.2) is 9.59 Å². The minimum absolute atomic E-state index is 0.160. The van der Waals surface area contributed by atoms with Gasteiger partial charge in [0.2, 0.25) is 5.91 Å². The van der Waals surface area contributed by atoms with Crippen LogP contribution in [0.5, 0.6) is 0 Å². The molecular weight excluding hydrogens is 282 g/mol. The average Bonchev–Trinajstić information content (AvgIpc) is 2.40. The Hall–Kier alpha value is -2.32. The standard InChI is InChI=1S/C12H21N3O6/c1-7(2)4-8(11(19)21-3)15-12(20)14-5-9(16)13-6-10(17)18/h7-8H,4-6H2,1-3H3,(H,13,16)(H,17,18)(H2,14,15,20). The fourth-order valence-electron chi connectivity index (χ4n) is 1.43. The summed E-state index contributed by atoms with van der Waals surface area (Å²) in [5.41, 5.74) is 0. The zero-order valence-electron chi connectivity index (χ0n) is 12.3. The molecule has 3 amide bonds. The molecule has 4 N–H and O–H groups in total. The molecule has 1 unspecified atom stereocenters. The van der Waals surface area contributed by atoms with E-state index in [1.165, 1.54) is 7.11 Å².